The van der Waals surface area contributed by atoms with Gasteiger partial charge < -0.3 is 10.2 Å². The Morgan fingerprint density at radius 3 is 2.72 bits per heavy atom. The van der Waals surface area contributed by atoms with E-state index in [1.54, 1.807) is 23.5 Å². The highest BCUT2D eigenvalue weighted by molar-refractivity contribution is 7.13. The van der Waals surface area contributed by atoms with Gasteiger partial charge in [0.15, 0.2) is 0 Å². The number of carbonyl (C=O) groups is 1. The average Bonchev–Trinajstić information content (AvgIpc) is 3.25. The fraction of sp³-hybridized carbons (Fsp3) is 0.391. The van der Waals surface area contributed by atoms with E-state index in [1.165, 1.54) is 12.1 Å². The van der Waals surface area contributed by atoms with E-state index < -0.39 is 0 Å². The largest absolute Gasteiger partial charge is 0.350 e. The van der Waals surface area contributed by atoms with E-state index in [2.05, 4.69) is 29.0 Å². The Kier molecular flexibility index (Phi) is 7.34. The van der Waals surface area contributed by atoms with E-state index in [0.29, 0.717) is 16.5 Å². The molecule has 0 fully saturated rings. The first-order valence-corrected chi connectivity index (χ1v) is 11.1. The average molecular weight is 414 g/mol. The summed E-state index contributed by atoms with van der Waals surface area (Å²) >= 11 is 1.57. The van der Waals surface area contributed by atoms with Crippen molar-refractivity contribution in [3.63, 3.8) is 0 Å². The second-order valence-electron chi connectivity index (χ2n) is 7.24. The number of fused-ring (bicyclic) bond motifs is 1. The standard InChI is InChI=1S/C23H28FN3OS/c1-4-27(5-2)12-6-8-16(3)25-23(28)19-15-21(22-9-7-13-29-22)26-20-11-10-17(24)14-18(19)20/h7,9-11,13-16H,4-6,8,12H2,1-3H3,(H,25,28). The van der Waals surface area contributed by atoms with Crippen molar-refractivity contribution in [2.24, 2.45) is 0 Å². The van der Waals surface area contributed by atoms with Crippen molar-refractivity contribution >= 4 is 28.1 Å². The highest BCUT2D eigenvalue weighted by atomic mass is 32.1. The maximum atomic E-state index is 13.9. The number of nitrogens with one attached hydrogen (secondary N) is 1. The van der Waals surface area contributed by atoms with Gasteiger partial charge in [-0.1, -0.05) is 19.9 Å². The molecule has 0 aliphatic carbocycles. The Morgan fingerprint density at radius 1 is 1.24 bits per heavy atom. The number of hydrogen-bond acceptors (Lipinski definition) is 4. The number of hydrogen-bond donors (Lipinski definition) is 1. The molecule has 29 heavy (non-hydrogen) atoms. The smallest absolute Gasteiger partial charge is 0.252 e. The van der Waals surface area contributed by atoms with Gasteiger partial charge in [-0.3, -0.25) is 4.79 Å². The molecule has 0 radical (unpaired) electrons. The van der Waals surface area contributed by atoms with E-state index in [0.717, 1.165) is 43.0 Å². The maximum absolute atomic E-state index is 13.9. The number of aromatic nitrogens is 1. The topological polar surface area (TPSA) is 45.2 Å². The van der Waals surface area contributed by atoms with Crippen LogP contribution in [-0.4, -0.2) is 41.5 Å². The summed E-state index contributed by atoms with van der Waals surface area (Å²) in [5.41, 5.74) is 1.82. The number of nitrogens with zero attached hydrogens (tertiary/aromatic N) is 2. The molecule has 6 heteroatoms. The molecule has 2 heterocycles. The first-order valence-electron chi connectivity index (χ1n) is 10.2. The van der Waals surface area contributed by atoms with Crippen LogP contribution in [0.2, 0.25) is 0 Å². The Morgan fingerprint density at radius 2 is 2.03 bits per heavy atom. The molecule has 3 rings (SSSR count). The quantitative estimate of drug-likeness (QED) is 0.515. The number of carbonyl (C=O) groups excluding carboxylic acids is 1. The monoisotopic (exact) mass is 413 g/mol. The van der Waals surface area contributed by atoms with Crippen molar-refractivity contribution in [3.8, 4) is 10.6 Å². The zero-order chi connectivity index (χ0) is 20.8. The van der Waals surface area contributed by atoms with Gasteiger partial charge in [0.05, 0.1) is 21.7 Å². The van der Waals surface area contributed by atoms with Crippen LogP contribution in [-0.2, 0) is 0 Å². The van der Waals surface area contributed by atoms with Gasteiger partial charge in [0.2, 0.25) is 0 Å². The number of benzene rings is 1. The lowest BCUT2D eigenvalue weighted by Gasteiger charge is -2.20. The SMILES string of the molecule is CCN(CC)CCCC(C)NC(=O)c1cc(-c2cccs2)nc2ccc(F)cc12. The van der Waals surface area contributed by atoms with Gasteiger partial charge >= 0.3 is 0 Å². The van der Waals surface area contributed by atoms with Crippen molar-refractivity contribution < 1.29 is 9.18 Å². The molecule has 0 spiro atoms. The van der Waals surface area contributed by atoms with E-state index >= 15 is 0 Å². The zero-order valence-electron chi connectivity index (χ0n) is 17.2. The van der Waals surface area contributed by atoms with Gasteiger partial charge in [-0.25, -0.2) is 9.37 Å². The minimum Gasteiger partial charge on any atom is -0.350 e. The summed E-state index contributed by atoms with van der Waals surface area (Å²) in [6, 6.07) is 10.1. The molecule has 3 aromatic rings. The predicted molar refractivity (Wildman–Crippen MR) is 119 cm³/mol. The Bertz CT molecular complexity index is 954. The van der Waals surface area contributed by atoms with Gasteiger partial charge in [0.25, 0.3) is 5.91 Å². The molecule has 0 aliphatic rings. The van der Waals surface area contributed by atoms with Gasteiger partial charge in [-0.2, -0.15) is 0 Å². The molecule has 1 aromatic carbocycles. The lowest BCUT2D eigenvalue weighted by Crippen LogP contribution is -2.34. The third-order valence-electron chi connectivity index (χ3n) is 5.17. The predicted octanol–water partition coefficient (Wildman–Crippen LogP) is 5.34. The molecule has 1 amide bonds. The number of pyridine rings is 1. The first kappa shape index (κ1) is 21.4. The lowest BCUT2D eigenvalue weighted by molar-refractivity contribution is 0.0939. The van der Waals surface area contributed by atoms with Crippen LogP contribution in [0, 0.1) is 5.82 Å². The van der Waals surface area contributed by atoms with E-state index in [9.17, 15) is 9.18 Å². The summed E-state index contributed by atoms with van der Waals surface area (Å²) in [6.07, 6.45) is 1.92. The van der Waals surface area contributed by atoms with Crippen LogP contribution in [0.4, 0.5) is 4.39 Å². The van der Waals surface area contributed by atoms with Gasteiger partial charge in [-0.05, 0) is 75.1 Å². The van der Waals surface area contributed by atoms with Crippen LogP contribution in [0.15, 0.2) is 41.8 Å². The van der Waals surface area contributed by atoms with Crippen LogP contribution in [0.5, 0.6) is 0 Å². The summed E-state index contributed by atoms with van der Waals surface area (Å²) in [6.45, 7) is 9.44. The highest BCUT2D eigenvalue weighted by Crippen LogP contribution is 2.28. The molecule has 1 atom stereocenters. The van der Waals surface area contributed by atoms with Crippen LogP contribution >= 0.6 is 11.3 Å². The molecule has 4 nitrogen and oxygen atoms in total. The Labute approximate surface area is 175 Å². The van der Waals surface area contributed by atoms with Gasteiger partial charge in [-0.15, -0.1) is 11.3 Å². The van der Waals surface area contributed by atoms with Crippen molar-refractivity contribution in [2.75, 3.05) is 19.6 Å². The van der Waals surface area contributed by atoms with Crippen LogP contribution in [0.25, 0.3) is 21.5 Å². The summed E-state index contributed by atoms with van der Waals surface area (Å²) in [4.78, 5) is 21.0. The van der Waals surface area contributed by atoms with E-state index in [1.807, 2.05) is 24.4 Å². The molecule has 0 bridgehead atoms. The Balaban J connectivity index is 1.80. The van der Waals surface area contributed by atoms with Crippen molar-refractivity contribution in [1.29, 1.82) is 0 Å². The molecule has 0 aliphatic heterocycles. The van der Waals surface area contributed by atoms with Crippen molar-refractivity contribution in [2.45, 2.75) is 39.7 Å². The molecule has 0 saturated carbocycles. The number of halogens is 1. The summed E-state index contributed by atoms with van der Waals surface area (Å²) in [5, 5.41) is 5.60. The molecule has 1 unspecified atom stereocenters. The van der Waals surface area contributed by atoms with Crippen LogP contribution < -0.4 is 5.32 Å². The fourth-order valence-corrected chi connectivity index (χ4v) is 4.16. The summed E-state index contributed by atoms with van der Waals surface area (Å²) in [5.74, 6) is -0.555. The first-order chi connectivity index (χ1) is 14.0. The fourth-order valence-electron chi connectivity index (χ4n) is 3.47. The molecule has 0 saturated heterocycles. The summed E-state index contributed by atoms with van der Waals surface area (Å²) in [7, 11) is 0. The number of rotatable bonds is 9. The zero-order valence-corrected chi connectivity index (χ0v) is 18.1. The third-order valence-corrected chi connectivity index (χ3v) is 6.06. The van der Waals surface area contributed by atoms with Crippen molar-refractivity contribution in [1.82, 2.24) is 15.2 Å². The molecule has 1 N–H and O–H groups in total. The number of thiophene rings is 1. The summed E-state index contributed by atoms with van der Waals surface area (Å²) < 4.78 is 13.9. The number of amides is 1. The molecular formula is C23H28FN3OS. The highest BCUT2D eigenvalue weighted by Gasteiger charge is 2.17. The van der Waals surface area contributed by atoms with Gasteiger partial charge in [0.1, 0.15) is 5.82 Å². The van der Waals surface area contributed by atoms with E-state index in [-0.39, 0.29) is 17.8 Å². The van der Waals surface area contributed by atoms with Gasteiger partial charge in [0, 0.05) is 11.4 Å². The third kappa shape index (κ3) is 5.40. The van der Waals surface area contributed by atoms with Crippen LogP contribution in [0.3, 0.4) is 0 Å². The normalized spacial score (nSPS) is 12.4. The van der Waals surface area contributed by atoms with Crippen molar-refractivity contribution in [3.05, 3.63) is 53.2 Å². The maximum Gasteiger partial charge on any atom is 0.252 e. The minimum atomic E-state index is -0.371. The minimum absolute atomic E-state index is 0.0417. The second kappa shape index (κ2) is 9.94. The second-order valence-corrected chi connectivity index (χ2v) is 8.19. The molecular weight excluding hydrogens is 385 g/mol. The molecule has 154 valence electrons. The lowest BCUT2D eigenvalue weighted by atomic mass is 10.0. The molecule has 2 aromatic heterocycles. The van der Waals surface area contributed by atoms with Crippen LogP contribution in [0.1, 0.15) is 44.0 Å². The van der Waals surface area contributed by atoms with E-state index in [4.69, 9.17) is 0 Å². The Hall–Kier alpha value is -2.31.